The molecule has 1 N–H and O–H groups in total. The molecule has 0 fully saturated rings. The highest BCUT2D eigenvalue weighted by atomic mass is 79.9. The minimum atomic E-state index is -0.0454. The van der Waals surface area contributed by atoms with Gasteiger partial charge in [-0.15, -0.1) is 11.8 Å². The van der Waals surface area contributed by atoms with Gasteiger partial charge in [-0.25, -0.2) is 0 Å². The van der Waals surface area contributed by atoms with Crippen molar-refractivity contribution in [1.29, 1.82) is 5.26 Å². The molecule has 1 amide bonds. The molecule has 16 heavy (non-hydrogen) atoms. The summed E-state index contributed by atoms with van der Waals surface area (Å²) in [6, 6.07) is 9.74. The molecule has 3 nitrogen and oxygen atoms in total. The number of nitrogens with one attached hydrogen (secondary N) is 1. The van der Waals surface area contributed by atoms with E-state index in [2.05, 4.69) is 21.2 Å². The molecule has 1 aromatic rings. The summed E-state index contributed by atoms with van der Waals surface area (Å²) in [7, 11) is 0. The molecule has 0 spiro atoms. The largest absolute Gasteiger partial charge is 0.354 e. The summed E-state index contributed by atoms with van der Waals surface area (Å²) in [5.41, 5.74) is 0. The number of hydrogen-bond acceptors (Lipinski definition) is 3. The summed E-state index contributed by atoms with van der Waals surface area (Å²) in [5.74, 6) is 0.324. The number of rotatable bonds is 5. The zero-order valence-corrected chi connectivity index (χ0v) is 11.0. The van der Waals surface area contributed by atoms with E-state index in [1.807, 2.05) is 30.3 Å². The zero-order chi connectivity index (χ0) is 11.8. The number of nitriles is 1. The van der Waals surface area contributed by atoms with Crippen LogP contribution in [0.2, 0.25) is 0 Å². The maximum Gasteiger partial charge on any atom is 0.230 e. The van der Waals surface area contributed by atoms with Crippen molar-refractivity contribution in [3.8, 4) is 6.07 Å². The molecule has 5 heteroatoms. The molecule has 0 heterocycles. The standard InChI is InChI=1S/C11H11BrN2OS/c12-9-4-1-2-5-10(9)16-8-11(15)14-7-3-6-13/h1-2,4-5H,3,7-8H2,(H,14,15). The van der Waals surface area contributed by atoms with E-state index < -0.39 is 0 Å². The molecule has 0 saturated carbocycles. The second-order valence-corrected chi connectivity index (χ2v) is 4.85. The third-order valence-corrected chi connectivity index (χ3v) is 3.78. The average molecular weight is 299 g/mol. The molecular weight excluding hydrogens is 288 g/mol. The Kier molecular flexibility index (Phi) is 5.98. The third kappa shape index (κ3) is 4.69. The topological polar surface area (TPSA) is 52.9 Å². The molecule has 1 aromatic carbocycles. The lowest BCUT2D eigenvalue weighted by molar-refractivity contribution is -0.118. The number of benzene rings is 1. The molecule has 0 radical (unpaired) electrons. The number of amides is 1. The van der Waals surface area contributed by atoms with E-state index in [9.17, 15) is 4.79 Å². The van der Waals surface area contributed by atoms with Crippen molar-refractivity contribution in [2.24, 2.45) is 0 Å². The normalized spacial score (nSPS) is 9.50. The smallest absolute Gasteiger partial charge is 0.230 e. The lowest BCUT2D eigenvalue weighted by Crippen LogP contribution is -2.25. The van der Waals surface area contributed by atoms with E-state index in [4.69, 9.17) is 5.26 Å². The van der Waals surface area contributed by atoms with Gasteiger partial charge in [0.25, 0.3) is 0 Å². The fourth-order valence-electron chi connectivity index (χ4n) is 1.01. The van der Waals surface area contributed by atoms with Crippen LogP contribution in [0.3, 0.4) is 0 Å². The van der Waals surface area contributed by atoms with Gasteiger partial charge in [-0.2, -0.15) is 5.26 Å². The van der Waals surface area contributed by atoms with Crippen molar-refractivity contribution in [2.75, 3.05) is 12.3 Å². The first-order chi connectivity index (χ1) is 7.74. The predicted octanol–water partition coefficient (Wildman–Crippen LogP) is 2.57. The summed E-state index contributed by atoms with van der Waals surface area (Å²) < 4.78 is 0.991. The van der Waals surface area contributed by atoms with Crippen molar-refractivity contribution in [3.63, 3.8) is 0 Å². The Labute approximate surface area is 107 Å². The van der Waals surface area contributed by atoms with Crippen LogP contribution in [0, 0.1) is 11.3 Å². The number of carbonyl (C=O) groups is 1. The molecule has 1 rings (SSSR count). The van der Waals surface area contributed by atoms with Crippen molar-refractivity contribution < 1.29 is 4.79 Å². The Bertz CT molecular complexity index is 403. The number of halogens is 1. The summed E-state index contributed by atoms with van der Waals surface area (Å²) in [4.78, 5) is 12.4. The second-order valence-electron chi connectivity index (χ2n) is 2.98. The van der Waals surface area contributed by atoms with Crippen LogP contribution in [0.5, 0.6) is 0 Å². The first kappa shape index (κ1) is 13.1. The van der Waals surface area contributed by atoms with Gasteiger partial charge in [0.05, 0.1) is 18.2 Å². The van der Waals surface area contributed by atoms with E-state index in [0.29, 0.717) is 18.7 Å². The van der Waals surface area contributed by atoms with Crippen molar-refractivity contribution in [1.82, 2.24) is 5.32 Å². The SMILES string of the molecule is N#CCCNC(=O)CSc1ccccc1Br. The summed E-state index contributed by atoms with van der Waals surface area (Å²) in [6.45, 7) is 0.422. The first-order valence-electron chi connectivity index (χ1n) is 4.75. The second kappa shape index (κ2) is 7.31. The monoisotopic (exact) mass is 298 g/mol. The van der Waals surface area contributed by atoms with Gasteiger partial charge in [0, 0.05) is 15.9 Å². The van der Waals surface area contributed by atoms with Crippen LogP contribution < -0.4 is 5.32 Å². The van der Waals surface area contributed by atoms with Gasteiger partial charge in [-0.1, -0.05) is 12.1 Å². The van der Waals surface area contributed by atoms with Gasteiger partial charge in [0.1, 0.15) is 0 Å². The highest BCUT2D eigenvalue weighted by Crippen LogP contribution is 2.26. The van der Waals surface area contributed by atoms with Crippen molar-refractivity contribution >= 4 is 33.6 Å². The van der Waals surface area contributed by atoms with Crippen LogP contribution in [0.15, 0.2) is 33.6 Å². The van der Waals surface area contributed by atoms with Gasteiger partial charge in [0.15, 0.2) is 0 Å². The summed E-state index contributed by atoms with van der Waals surface area (Å²) in [5, 5.41) is 11.0. The number of thioether (sulfide) groups is 1. The highest BCUT2D eigenvalue weighted by Gasteiger charge is 2.04. The Morgan fingerprint density at radius 2 is 2.25 bits per heavy atom. The van der Waals surface area contributed by atoms with Crippen molar-refractivity contribution in [3.05, 3.63) is 28.7 Å². The van der Waals surface area contributed by atoms with Gasteiger partial charge >= 0.3 is 0 Å². The Hall–Kier alpha value is -0.990. The molecule has 0 unspecified atom stereocenters. The van der Waals surface area contributed by atoms with Crippen LogP contribution in [0.25, 0.3) is 0 Å². The zero-order valence-electron chi connectivity index (χ0n) is 8.57. The Morgan fingerprint density at radius 3 is 2.94 bits per heavy atom. The maximum absolute atomic E-state index is 11.3. The molecule has 0 aliphatic heterocycles. The van der Waals surface area contributed by atoms with Crippen LogP contribution in [-0.2, 0) is 4.79 Å². The van der Waals surface area contributed by atoms with Gasteiger partial charge in [-0.05, 0) is 28.1 Å². The van der Waals surface area contributed by atoms with Crippen molar-refractivity contribution in [2.45, 2.75) is 11.3 Å². The summed E-state index contributed by atoms with van der Waals surface area (Å²) >= 11 is 4.89. The third-order valence-electron chi connectivity index (χ3n) is 1.75. The van der Waals surface area contributed by atoms with Gasteiger partial charge in [0.2, 0.25) is 5.91 Å². The predicted molar refractivity (Wildman–Crippen MR) is 68.1 cm³/mol. The number of nitrogens with zero attached hydrogens (tertiary/aromatic N) is 1. The quantitative estimate of drug-likeness (QED) is 0.671. The van der Waals surface area contributed by atoms with E-state index in [1.54, 1.807) is 0 Å². The van der Waals surface area contributed by atoms with Crippen LogP contribution >= 0.6 is 27.7 Å². The van der Waals surface area contributed by atoms with Gasteiger partial charge in [-0.3, -0.25) is 4.79 Å². The lowest BCUT2D eigenvalue weighted by Gasteiger charge is -2.04. The van der Waals surface area contributed by atoms with Crippen LogP contribution in [0.1, 0.15) is 6.42 Å². The van der Waals surface area contributed by atoms with E-state index in [0.717, 1.165) is 9.37 Å². The fourth-order valence-corrected chi connectivity index (χ4v) is 2.41. The molecule has 0 aliphatic rings. The maximum atomic E-state index is 11.3. The molecule has 84 valence electrons. The highest BCUT2D eigenvalue weighted by molar-refractivity contribution is 9.10. The Balaban J connectivity index is 2.32. The summed E-state index contributed by atoms with van der Waals surface area (Å²) in [6.07, 6.45) is 0.353. The molecule has 0 aliphatic carbocycles. The van der Waals surface area contributed by atoms with Gasteiger partial charge < -0.3 is 5.32 Å². The van der Waals surface area contributed by atoms with E-state index in [1.165, 1.54) is 11.8 Å². The lowest BCUT2D eigenvalue weighted by atomic mass is 10.4. The first-order valence-corrected chi connectivity index (χ1v) is 6.53. The number of hydrogen-bond donors (Lipinski definition) is 1. The molecule has 0 aromatic heterocycles. The van der Waals surface area contributed by atoms with E-state index in [-0.39, 0.29) is 5.91 Å². The number of carbonyl (C=O) groups excluding carboxylic acids is 1. The minimum Gasteiger partial charge on any atom is -0.354 e. The van der Waals surface area contributed by atoms with Crippen LogP contribution in [0.4, 0.5) is 0 Å². The molecular formula is C11H11BrN2OS. The Morgan fingerprint density at radius 1 is 1.50 bits per heavy atom. The molecule has 0 atom stereocenters. The minimum absolute atomic E-state index is 0.0454. The molecule has 0 saturated heterocycles. The fraction of sp³-hybridized carbons (Fsp3) is 0.273. The van der Waals surface area contributed by atoms with E-state index >= 15 is 0 Å². The average Bonchev–Trinajstić information content (AvgIpc) is 2.28. The molecule has 0 bridgehead atoms. The van der Waals surface area contributed by atoms with Crippen LogP contribution in [-0.4, -0.2) is 18.2 Å².